The minimum absolute atomic E-state index is 0.742. The Labute approximate surface area is 133 Å². The van der Waals surface area contributed by atoms with E-state index in [9.17, 15) is 0 Å². The van der Waals surface area contributed by atoms with Crippen LogP contribution in [0.1, 0.15) is 72.1 Å². The van der Waals surface area contributed by atoms with Crippen LogP contribution in [-0.4, -0.2) is 22.5 Å². The molecule has 2 saturated carbocycles. The van der Waals surface area contributed by atoms with E-state index in [0.717, 1.165) is 36.9 Å². The molecule has 0 radical (unpaired) electrons. The molecule has 5 unspecified atom stereocenters. The van der Waals surface area contributed by atoms with Crippen molar-refractivity contribution in [2.24, 2.45) is 23.7 Å². The molecule has 0 heterocycles. The molecule has 5 atom stereocenters. The third-order valence-corrected chi connectivity index (χ3v) is 7.86. The summed E-state index contributed by atoms with van der Waals surface area (Å²) >= 11 is 0. The van der Waals surface area contributed by atoms with Gasteiger partial charge in [0.2, 0.25) is 0 Å². The maximum absolute atomic E-state index is 6.26. The normalized spacial score (nSPS) is 30.7. The van der Waals surface area contributed by atoms with Crippen molar-refractivity contribution < 1.29 is 8.85 Å². The van der Waals surface area contributed by atoms with Gasteiger partial charge in [-0.05, 0) is 55.9 Å². The SMILES string of the molecule is CCCCCC[SiH](OCC)OCC(C)C1CC2CCC1C2. The molecule has 0 aromatic carbocycles. The van der Waals surface area contributed by atoms with Crippen molar-refractivity contribution in [2.45, 2.75) is 78.2 Å². The van der Waals surface area contributed by atoms with Gasteiger partial charge in [0.25, 0.3) is 0 Å². The average Bonchev–Trinajstić information content (AvgIpc) is 3.11. The lowest BCUT2D eigenvalue weighted by Crippen LogP contribution is -2.29. The molecule has 124 valence electrons. The maximum Gasteiger partial charge on any atom is 0.321 e. The lowest BCUT2D eigenvalue weighted by atomic mass is 9.80. The molecule has 21 heavy (non-hydrogen) atoms. The van der Waals surface area contributed by atoms with Gasteiger partial charge >= 0.3 is 9.28 Å². The van der Waals surface area contributed by atoms with Gasteiger partial charge in [0.05, 0.1) is 0 Å². The van der Waals surface area contributed by atoms with Crippen molar-refractivity contribution in [1.82, 2.24) is 0 Å². The summed E-state index contributed by atoms with van der Waals surface area (Å²) in [6.45, 7) is 8.57. The van der Waals surface area contributed by atoms with Gasteiger partial charge in [-0.3, -0.25) is 0 Å². The summed E-state index contributed by atoms with van der Waals surface area (Å²) in [7, 11) is -1.39. The molecule has 2 aliphatic rings. The fraction of sp³-hybridized carbons (Fsp3) is 1.00. The van der Waals surface area contributed by atoms with Crippen LogP contribution < -0.4 is 0 Å². The third kappa shape index (κ3) is 5.37. The van der Waals surface area contributed by atoms with E-state index in [-0.39, 0.29) is 0 Å². The highest BCUT2D eigenvalue weighted by Gasteiger charge is 2.41. The van der Waals surface area contributed by atoms with Crippen molar-refractivity contribution in [1.29, 1.82) is 0 Å². The molecule has 0 aromatic heterocycles. The molecule has 0 N–H and O–H groups in total. The minimum Gasteiger partial charge on any atom is -0.397 e. The second-order valence-electron chi connectivity index (χ2n) is 7.38. The van der Waals surface area contributed by atoms with E-state index in [1.165, 1.54) is 57.4 Å². The molecule has 2 rings (SSSR count). The summed E-state index contributed by atoms with van der Waals surface area (Å²) < 4.78 is 12.2. The van der Waals surface area contributed by atoms with E-state index in [1.807, 2.05) is 0 Å². The Morgan fingerprint density at radius 1 is 1.05 bits per heavy atom. The van der Waals surface area contributed by atoms with Crippen LogP contribution in [0.4, 0.5) is 0 Å². The summed E-state index contributed by atoms with van der Waals surface area (Å²) in [5, 5.41) is 0. The summed E-state index contributed by atoms with van der Waals surface area (Å²) in [6, 6.07) is 1.21. The van der Waals surface area contributed by atoms with Gasteiger partial charge in [-0.15, -0.1) is 0 Å². The van der Waals surface area contributed by atoms with Crippen molar-refractivity contribution in [3.63, 3.8) is 0 Å². The van der Waals surface area contributed by atoms with Gasteiger partial charge in [0, 0.05) is 13.2 Å². The van der Waals surface area contributed by atoms with E-state index in [2.05, 4.69) is 20.8 Å². The highest BCUT2D eigenvalue weighted by atomic mass is 28.3. The Morgan fingerprint density at radius 2 is 1.90 bits per heavy atom. The first-order chi connectivity index (χ1) is 10.2. The Balaban J connectivity index is 1.65. The van der Waals surface area contributed by atoms with Crippen molar-refractivity contribution in [2.75, 3.05) is 13.2 Å². The predicted octanol–water partition coefficient (Wildman–Crippen LogP) is 4.91. The van der Waals surface area contributed by atoms with Gasteiger partial charge in [-0.2, -0.15) is 0 Å². The highest BCUT2D eigenvalue weighted by Crippen LogP contribution is 2.51. The summed E-state index contributed by atoms with van der Waals surface area (Å²) in [5.74, 6) is 3.76. The zero-order valence-electron chi connectivity index (χ0n) is 14.5. The molecule has 0 amide bonds. The topological polar surface area (TPSA) is 18.5 Å². The highest BCUT2D eigenvalue weighted by molar-refractivity contribution is 6.44. The fourth-order valence-electron chi connectivity index (χ4n) is 4.51. The second-order valence-corrected chi connectivity index (χ2v) is 9.49. The average molecular weight is 313 g/mol. The van der Waals surface area contributed by atoms with Gasteiger partial charge < -0.3 is 8.85 Å². The largest absolute Gasteiger partial charge is 0.397 e. The number of unbranched alkanes of at least 4 members (excludes halogenated alkanes) is 3. The zero-order chi connectivity index (χ0) is 15.1. The molecule has 2 aliphatic carbocycles. The molecule has 0 aromatic rings. The first kappa shape index (κ1) is 17.5. The minimum atomic E-state index is -1.39. The number of fused-ring (bicyclic) bond motifs is 2. The lowest BCUT2D eigenvalue weighted by molar-refractivity contribution is 0.130. The van der Waals surface area contributed by atoms with E-state index < -0.39 is 9.28 Å². The molecule has 2 bridgehead atoms. The van der Waals surface area contributed by atoms with Crippen molar-refractivity contribution in [3.05, 3.63) is 0 Å². The molecular formula is C18H36O2Si. The summed E-state index contributed by atoms with van der Waals surface area (Å²) in [6.07, 6.45) is 11.3. The van der Waals surface area contributed by atoms with Crippen LogP contribution in [0.5, 0.6) is 0 Å². The Bertz CT molecular complexity index is 284. The van der Waals surface area contributed by atoms with E-state index in [4.69, 9.17) is 8.85 Å². The molecule has 0 spiro atoms. The smallest absolute Gasteiger partial charge is 0.321 e. The predicted molar refractivity (Wildman–Crippen MR) is 91.8 cm³/mol. The summed E-state index contributed by atoms with van der Waals surface area (Å²) in [5.41, 5.74) is 0. The first-order valence-electron chi connectivity index (χ1n) is 9.47. The van der Waals surface area contributed by atoms with Gasteiger partial charge in [-0.1, -0.05) is 46.0 Å². The Kier molecular flexibility index (Phi) is 7.76. The van der Waals surface area contributed by atoms with E-state index in [0.29, 0.717) is 0 Å². The molecule has 0 aliphatic heterocycles. The van der Waals surface area contributed by atoms with Gasteiger partial charge in [0.15, 0.2) is 0 Å². The molecule has 2 nitrogen and oxygen atoms in total. The van der Waals surface area contributed by atoms with Crippen LogP contribution in [0.3, 0.4) is 0 Å². The van der Waals surface area contributed by atoms with Crippen LogP contribution in [-0.2, 0) is 8.85 Å². The van der Waals surface area contributed by atoms with Gasteiger partial charge in [0.1, 0.15) is 0 Å². The van der Waals surface area contributed by atoms with Crippen LogP contribution >= 0.6 is 0 Å². The van der Waals surface area contributed by atoms with E-state index >= 15 is 0 Å². The quantitative estimate of drug-likeness (QED) is 0.398. The first-order valence-corrected chi connectivity index (χ1v) is 11.2. The lowest BCUT2D eigenvalue weighted by Gasteiger charge is -2.29. The van der Waals surface area contributed by atoms with Crippen LogP contribution in [0.15, 0.2) is 0 Å². The molecule has 3 heteroatoms. The fourth-order valence-corrected chi connectivity index (χ4v) is 6.45. The second kappa shape index (κ2) is 9.31. The Hall–Kier alpha value is 0.137. The number of hydrogen-bond acceptors (Lipinski definition) is 2. The standard InChI is InChI=1S/C18H36O2Si/c1-4-6-7-8-11-21(19-5-2)20-14-15(3)18-13-16-9-10-17(18)12-16/h15-18,21H,4-14H2,1-3H3. The van der Waals surface area contributed by atoms with Crippen LogP contribution in [0.2, 0.25) is 6.04 Å². The monoisotopic (exact) mass is 312 g/mol. The molecule has 2 fully saturated rings. The van der Waals surface area contributed by atoms with Crippen LogP contribution in [0, 0.1) is 23.7 Å². The number of rotatable bonds is 11. The zero-order valence-corrected chi connectivity index (χ0v) is 15.6. The van der Waals surface area contributed by atoms with E-state index in [1.54, 1.807) is 0 Å². The third-order valence-electron chi connectivity index (χ3n) is 5.71. The van der Waals surface area contributed by atoms with Crippen LogP contribution in [0.25, 0.3) is 0 Å². The van der Waals surface area contributed by atoms with Crippen molar-refractivity contribution in [3.8, 4) is 0 Å². The molecule has 0 saturated heterocycles. The maximum atomic E-state index is 6.26. The summed E-state index contributed by atoms with van der Waals surface area (Å²) in [4.78, 5) is 0. The Morgan fingerprint density at radius 3 is 2.52 bits per heavy atom. The van der Waals surface area contributed by atoms with Gasteiger partial charge in [-0.25, -0.2) is 0 Å². The number of hydrogen-bond donors (Lipinski definition) is 0. The van der Waals surface area contributed by atoms with Crippen molar-refractivity contribution >= 4 is 9.28 Å². The molecular weight excluding hydrogens is 276 g/mol.